The van der Waals surface area contributed by atoms with Gasteiger partial charge in [0.15, 0.2) is 17.4 Å². The van der Waals surface area contributed by atoms with Gasteiger partial charge < -0.3 is 24.0 Å². The smallest absolute Gasteiger partial charge is 0.335 e. The zero-order valence-corrected chi connectivity index (χ0v) is 21.8. The first-order valence-corrected chi connectivity index (χ1v) is 12.7. The molecular formula is C30H27F3N2O5. The van der Waals surface area contributed by atoms with Crippen molar-refractivity contribution in [1.29, 1.82) is 0 Å². The Morgan fingerprint density at radius 2 is 1.88 bits per heavy atom. The van der Waals surface area contributed by atoms with E-state index in [-0.39, 0.29) is 36.7 Å². The third kappa shape index (κ3) is 5.75. The fourth-order valence-electron chi connectivity index (χ4n) is 4.79. The number of fused-ring (bicyclic) bond motifs is 1. The molecule has 3 aromatic rings. The van der Waals surface area contributed by atoms with Crippen LogP contribution in [0.2, 0.25) is 0 Å². The second-order valence-corrected chi connectivity index (χ2v) is 9.92. The molecule has 10 heteroatoms. The van der Waals surface area contributed by atoms with Crippen LogP contribution in [0.5, 0.6) is 5.75 Å². The van der Waals surface area contributed by atoms with Crippen LogP contribution in [0.25, 0.3) is 0 Å². The van der Waals surface area contributed by atoms with Crippen LogP contribution in [0.3, 0.4) is 0 Å². The van der Waals surface area contributed by atoms with E-state index in [2.05, 4.69) is 16.1 Å². The molecule has 5 rings (SSSR count). The first-order chi connectivity index (χ1) is 19.2. The molecule has 0 fully saturated rings. The summed E-state index contributed by atoms with van der Waals surface area (Å²) in [6.45, 7) is 4.19. The molecule has 0 bridgehead atoms. The third-order valence-electron chi connectivity index (χ3n) is 6.75. The van der Waals surface area contributed by atoms with Gasteiger partial charge in [0.1, 0.15) is 36.2 Å². The van der Waals surface area contributed by atoms with Crippen molar-refractivity contribution in [1.82, 2.24) is 10.1 Å². The van der Waals surface area contributed by atoms with Crippen LogP contribution in [0.15, 0.2) is 77.2 Å². The Morgan fingerprint density at radius 3 is 2.60 bits per heavy atom. The lowest BCUT2D eigenvalue weighted by molar-refractivity contribution is 0.0696. The van der Waals surface area contributed by atoms with E-state index in [1.165, 1.54) is 0 Å². The molecule has 0 amide bonds. The van der Waals surface area contributed by atoms with Crippen molar-refractivity contribution in [2.75, 3.05) is 0 Å². The second-order valence-electron chi connectivity index (χ2n) is 9.92. The van der Waals surface area contributed by atoms with Gasteiger partial charge in [0.25, 0.3) is 0 Å². The summed E-state index contributed by atoms with van der Waals surface area (Å²) < 4.78 is 58.1. The van der Waals surface area contributed by atoms with Crippen molar-refractivity contribution in [3.63, 3.8) is 0 Å². The van der Waals surface area contributed by atoms with E-state index < -0.39 is 29.2 Å². The maximum absolute atomic E-state index is 14.0. The topological polar surface area (TPSA) is 85.0 Å². The average Bonchev–Trinajstić information content (AvgIpc) is 3.50. The Labute approximate surface area is 228 Å². The molecule has 2 unspecified atom stereocenters. The Kier molecular flexibility index (Phi) is 7.68. The number of carboxylic acids is 1. The molecule has 0 saturated carbocycles. The highest BCUT2D eigenvalue weighted by Crippen LogP contribution is 2.32. The van der Waals surface area contributed by atoms with Crippen molar-refractivity contribution in [3.8, 4) is 5.75 Å². The first-order valence-electron chi connectivity index (χ1n) is 12.7. The van der Waals surface area contributed by atoms with Crippen molar-refractivity contribution in [2.24, 2.45) is 5.92 Å². The van der Waals surface area contributed by atoms with E-state index in [0.717, 1.165) is 5.56 Å². The summed E-state index contributed by atoms with van der Waals surface area (Å²) in [6, 6.07) is 8.03. The molecular weight excluding hydrogens is 525 g/mol. The Balaban J connectivity index is 1.24. The Hall–Kier alpha value is -4.47. The van der Waals surface area contributed by atoms with Gasteiger partial charge in [0.05, 0.1) is 17.2 Å². The van der Waals surface area contributed by atoms with Gasteiger partial charge in [-0.2, -0.15) is 0 Å². The predicted octanol–water partition coefficient (Wildman–Crippen LogP) is 6.48. The fraction of sp³-hybridized carbons (Fsp3) is 0.267. The lowest BCUT2D eigenvalue weighted by Crippen LogP contribution is -2.30. The number of hydrogen-bond acceptors (Lipinski definition) is 6. The van der Waals surface area contributed by atoms with Crippen molar-refractivity contribution in [2.45, 2.75) is 45.6 Å². The number of aromatic nitrogens is 1. The monoisotopic (exact) mass is 552 g/mol. The molecule has 0 saturated heterocycles. The number of ether oxygens (including phenoxy) is 2. The zero-order valence-electron chi connectivity index (χ0n) is 21.8. The number of nitrogens with zero attached hydrogens (tertiary/aromatic N) is 2. The molecule has 2 atom stereocenters. The quantitative estimate of drug-likeness (QED) is 0.308. The van der Waals surface area contributed by atoms with Crippen LogP contribution in [0.1, 0.15) is 52.7 Å². The van der Waals surface area contributed by atoms with Gasteiger partial charge >= 0.3 is 5.97 Å². The van der Waals surface area contributed by atoms with E-state index in [9.17, 15) is 23.1 Å². The van der Waals surface area contributed by atoms with Crippen LogP contribution in [-0.2, 0) is 24.5 Å². The molecule has 0 spiro atoms. The number of rotatable bonds is 10. The molecule has 208 valence electrons. The van der Waals surface area contributed by atoms with Crippen molar-refractivity contribution >= 4 is 5.97 Å². The van der Waals surface area contributed by atoms with Gasteiger partial charge in [0, 0.05) is 30.5 Å². The Bertz CT molecular complexity index is 1490. The minimum atomic E-state index is -1.15. The zero-order chi connectivity index (χ0) is 28.4. The number of carboxylic acid groups (broad SMARTS) is 1. The highest BCUT2D eigenvalue weighted by atomic mass is 19.1. The maximum atomic E-state index is 14.0. The van der Waals surface area contributed by atoms with Crippen LogP contribution >= 0.6 is 0 Å². The molecule has 1 N–H and O–H groups in total. The van der Waals surface area contributed by atoms with Gasteiger partial charge in [-0.1, -0.05) is 43.3 Å². The molecule has 2 heterocycles. The third-order valence-corrected chi connectivity index (χ3v) is 6.75. The summed E-state index contributed by atoms with van der Waals surface area (Å²) in [5, 5.41) is 13.3. The normalized spacial score (nSPS) is 17.8. The molecule has 1 aromatic heterocycles. The lowest BCUT2D eigenvalue weighted by atomic mass is 9.96. The summed E-state index contributed by atoms with van der Waals surface area (Å²) in [5.74, 6) is -3.77. The molecule has 2 aliphatic rings. The van der Waals surface area contributed by atoms with E-state index in [1.54, 1.807) is 18.2 Å². The van der Waals surface area contributed by atoms with Crippen LogP contribution in [-0.4, -0.2) is 27.2 Å². The largest absolute Gasteiger partial charge is 0.489 e. The molecule has 2 aromatic carbocycles. The first kappa shape index (κ1) is 27.1. The van der Waals surface area contributed by atoms with Gasteiger partial charge in [0.2, 0.25) is 0 Å². The number of hydrogen-bond donors (Lipinski definition) is 1. The van der Waals surface area contributed by atoms with E-state index >= 15 is 0 Å². The van der Waals surface area contributed by atoms with E-state index in [0.29, 0.717) is 41.5 Å². The molecule has 0 radical (unpaired) electrons. The second kappa shape index (κ2) is 11.3. The summed E-state index contributed by atoms with van der Waals surface area (Å²) in [6.07, 6.45) is 9.95. The SMILES string of the molecule is CC(C)c1onc(COc2c(F)cc(F)cc2F)c1COC1=CC2C=CN(Cc3cccc(C(=O)O)c3)C2C=C1. The van der Waals surface area contributed by atoms with Crippen LogP contribution in [0.4, 0.5) is 13.2 Å². The molecule has 1 aliphatic heterocycles. The van der Waals surface area contributed by atoms with Crippen molar-refractivity contribution < 1.29 is 37.1 Å². The highest BCUT2D eigenvalue weighted by molar-refractivity contribution is 5.87. The minimum Gasteiger partial charge on any atom is -0.489 e. The number of halogens is 3. The summed E-state index contributed by atoms with van der Waals surface area (Å²) in [5.41, 5.74) is 2.07. The number of carbonyl (C=O) groups is 1. The Morgan fingerprint density at radius 1 is 1.10 bits per heavy atom. The summed E-state index contributed by atoms with van der Waals surface area (Å²) in [7, 11) is 0. The van der Waals surface area contributed by atoms with E-state index in [1.807, 2.05) is 44.3 Å². The number of benzene rings is 2. The summed E-state index contributed by atoms with van der Waals surface area (Å²) in [4.78, 5) is 13.4. The van der Waals surface area contributed by atoms with Crippen molar-refractivity contribution in [3.05, 3.63) is 118 Å². The van der Waals surface area contributed by atoms with E-state index in [4.69, 9.17) is 14.0 Å². The highest BCUT2D eigenvalue weighted by Gasteiger charge is 2.29. The summed E-state index contributed by atoms with van der Waals surface area (Å²) >= 11 is 0. The van der Waals surface area contributed by atoms with Gasteiger partial charge in [-0.25, -0.2) is 18.0 Å². The van der Waals surface area contributed by atoms with Crippen LogP contribution < -0.4 is 4.74 Å². The van der Waals surface area contributed by atoms with Gasteiger partial charge in [-0.05, 0) is 36.0 Å². The van der Waals surface area contributed by atoms with Crippen LogP contribution in [0, 0.1) is 23.4 Å². The molecule has 7 nitrogen and oxygen atoms in total. The number of aromatic carboxylic acids is 1. The van der Waals surface area contributed by atoms with Gasteiger partial charge in [-0.15, -0.1) is 0 Å². The lowest BCUT2D eigenvalue weighted by Gasteiger charge is -2.29. The molecule has 40 heavy (non-hydrogen) atoms. The minimum absolute atomic E-state index is 0.0367. The fourth-order valence-corrected chi connectivity index (χ4v) is 4.79. The maximum Gasteiger partial charge on any atom is 0.335 e. The predicted molar refractivity (Wildman–Crippen MR) is 139 cm³/mol. The number of allylic oxidation sites excluding steroid dienone is 1. The molecule has 1 aliphatic carbocycles. The average molecular weight is 553 g/mol. The van der Waals surface area contributed by atoms with Gasteiger partial charge in [-0.3, -0.25) is 0 Å². The standard InChI is InChI=1S/C30H27F3N2O5/c1-17(2)28-23(26(34-40-28)16-39-29-24(32)12-21(31)13-25(29)33)15-38-22-6-7-27-19(11-22)8-9-35(27)14-18-4-3-5-20(10-18)30(36)37/h3-13,17,19,27H,14-16H2,1-2H3,(H,36,37).